The molecule has 1 aliphatic heterocycles. The minimum atomic E-state index is 0.590. The topological polar surface area (TPSA) is 45.4 Å². The van der Waals surface area contributed by atoms with Crippen LogP contribution in [0.15, 0.2) is 23.7 Å². The van der Waals surface area contributed by atoms with E-state index in [2.05, 4.69) is 21.4 Å². The third-order valence-corrected chi connectivity index (χ3v) is 3.63. The van der Waals surface area contributed by atoms with Crippen molar-refractivity contribution in [3.05, 3.63) is 23.7 Å². The quantitative estimate of drug-likeness (QED) is 0.787. The first kappa shape index (κ1) is 11.6. The maximum Gasteiger partial charge on any atom is 0.185 e. The molecular formula is C11H18N4S. The summed E-state index contributed by atoms with van der Waals surface area (Å²) in [5.74, 6) is 0. The molecule has 0 aromatic carbocycles. The zero-order valence-corrected chi connectivity index (χ0v) is 10.2. The summed E-state index contributed by atoms with van der Waals surface area (Å²) >= 11 is 1.71. The Bertz CT molecular complexity index is 328. The number of nitrogens with two attached hydrogens (primary N) is 1. The van der Waals surface area contributed by atoms with Gasteiger partial charge in [-0.1, -0.05) is 6.58 Å². The number of aromatic nitrogens is 1. The molecule has 4 nitrogen and oxygen atoms in total. The van der Waals surface area contributed by atoms with Gasteiger partial charge in [-0.2, -0.15) is 0 Å². The minimum Gasteiger partial charge on any atom is -0.346 e. The second kappa shape index (κ2) is 5.43. The Kier molecular flexibility index (Phi) is 3.93. The van der Waals surface area contributed by atoms with E-state index in [1.807, 2.05) is 11.6 Å². The lowest BCUT2D eigenvalue weighted by Crippen LogP contribution is -2.47. The standard InChI is InChI=1S/C11H18N4S/c1-10(8-12)9-14-3-5-15(6-4-14)11-13-2-7-16-11/h2,7H,1,3-6,8-9,12H2. The van der Waals surface area contributed by atoms with Gasteiger partial charge in [-0.05, 0) is 5.57 Å². The van der Waals surface area contributed by atoms with Crippen LogP contribution in [0.25, 0.3) is 0 Å². The van der Waals surface area contributed by atoms with Crippen molar-refractivity contribution in [2.45, 2.75) is 0 Å². The molecule has 0 saturated carbocycles. The molecule has 2 N–H and O–H groups in total. The van der Waals surface area contributed by atoms with Gasteiger partial charge in [0.25, 0.3) is 0 Å². The molecule has 5 heteroatoms. The van der Waals surface area contributed by atoms with Crippen molar-refractivity contribution in [1.82, 2.24) is 9.88 Å². The van der Waals surface area contributed by atoms with Crippen molar-refractivity contribution in [2.24, 2.45) is 5.73 Å². The zero-order valence-electron chi connectivity index (χ0n) is 9.43. The molecule has 0 atom stereocenters. The molecule has 0 amide bonds. The summed E-state index contributed by atoms with van der Waals surface area (Å²) in [7, 11) is 0. The Morgan fingerprint density at radius 2 is 2.19 bits per heavy atom. The van der Waals surface area contributed by atoms with Crippen LogP contribution >= 0.6 is 11.3 Å². The van der Waals surface area contributed by atoms with Crippen molar-refractivity contribution in [2.75, 3.05) is 44.2 Å². The molecule has 2 heterocycles. The molecule has 1 saturated heterocycles. The molecule has 1 fully saturated rings. The summed E-state index contributed by atoms with van der Waals surface area (Å²) in [6.07, 6.45) is 1.86. The fourth-order valence-corrected chi connectivity index (χ4v) is 2.55. The molecule has 1 aromatic heterocycles. The highest BCUT2D eigenvalue weighted by molar-refractivity contribution is 7.13. The first-order valence-corrected chi connectivity index (χ1v) is 6.41. The van der Waals surface area contributed by atoms with Crippen LogP contribution in [0, 0.1) is 0 Å². The number of anilines is 1. The first-order chi connectivity index (χ1) is 7.79. The van der Waals surface area contributed by atoms with Crippen LogP contribution in [0.3, 0.4) is 0 Å². The molecule has 0 spiro atoms. The predicted octanol–water partition coefficient (Wildman–Crippen LogP) is 0.780. The van der Waals surface area contributed by atoms with Crippen molar-refractivity contribution in [3.8, 4) is 0 Å². The largest absolute Gasteiger partial charge is 0.346 e. The van der Waals surface area contributed by atoms with Gasteiger partial charge in [0, 0.05) is 50.8 Å². The zero-order chi connectivity index (χ0) is 11.4. The van der Waals surface area contributed by atoms with E-state index < -0.39 is 0 Å². The number of hydrogen-bond donors (Lipinski definition) is 1. The van der Waals surface area contributed by atoms with E-state index in [9.17, 15) is 0 Å². The van der Waals surface area contributed by atoms with E-state index in [1.165, 1.54) is 0 Å². The number of rotatable bonds is 4. The van der Waals surface area contributed by atoms with Crippen LogP contribution in [0.4, 0.5) is 5.13 Å². The highest BCUT2D eigenvalue weighted by Gasteiger charge is 2.18. The van der Waals surface area contributed by atoms with Crippen LogP contribution in [0.2, 0.25) is 0 Å². The molecule has 16 heavy (non-hydrogen) atoms. The predicted molar refractivity (Wildman–Crippen MR) is 69.0 cm³/mol. The molecule has 1 aromatic rings. The molecule has 0 radical (unpaired) electrons. The van der Waals surface area contributed by atoms with E-state index in [1.54, 1.807) is 11.3 Å². The Balaban J connectivity index is 1.81. The van der Waals surface area contributed by atoms with Crippen LogP contribution in [0.1, 0.15) is 0 Å². The van der Waals surface area contributed by atoms with Crippen LogP contribution < -0.4 is 10.6 Å². The summed E-state index contributed by atoms with van der Waals surface area (Å²) in [4.78, 5) is 9.07. The van der Waals surface area contributed by atoms with Crippen molar-refractivity contribution in [3.63, 3.8) is 0 Å². The van der Waals surface area contributed by atoms with Crippen LogP contribution in [-0.2, 0) is 0 Å². The van der Waals surface area contributed by atoms with E-state index in [-0.39, 0.29) is 0 Å². The molecule has 1 aliphatic rings. The fraction of sp³-hybridized carbons (Fsp3) is 0.545. The van der Waals surface area contributed by atoms with E-state index >= 15 is 0 Å². The Morgan fingerprint density at radius 3 is 2.75 bits per heavy atom. The SMILES string of the molecule is C=C(CN)CN1CCN(c2nccs2)CC1. The van der Waals surface area contributed by atoms with Gasteiger partial charge in [-0.15, -0.1) is 11.3 Å². The summed E-state index contributed by atoms with van der Waals surface area (Å²) in [5.41, 5.74) is 6.66. The normalized spacial score (nSPS) is 17.7. The molecule has 2 rings (SSSR count). The average Bonchev–Trinajstić information content (AvgIpc) is 2.83. The van der Waals surface area contributed by atoms with Gasteiger partial charge in [0.2, 0.25) is 0 Å². The van der Waals surface area contributed by atoms with Gasteiger partial charge in [0.1, 0.15) is 0 Å². The minimum absolute atomic E-state index is 0.590. The highest BCUT2D eigenvalue weighted by atomic mass is 32.1. The maximum absolute atomic E-state index is 5.55. The summed E-state index contributed by atoms with van der Waals surface area (Å²) in [6, 6.07) is 0. The molecule has 0 aliphatic carbocycles. The fourth-order valence-electron chi connectivity index (χ4n) is 1.85. The highest BCUT2D eigenvalue weighted by Crippen LogP contribution is 2.18. The lowest BCUT2D eigenvalue weighted by atomic mass is 10.2. The Morgan fingerprint density at radius 1 is 1.44 bits per heavy atom. The molecule has 0 unspecified atom stereocenters. The van der Waals surface area contributed by atoms with Crippen molar-refractivity contribution < 1.29 is 0 Å². The third kappa shape index (κ3) is 2.81. The van der Waals surface area contributed by atoms with Crippen molar-refractivity contribution in [1.29, 1.82) is 0 Å². The molecule has 88 valence electrons. The van der Waals surface area contributed by atoms with Gasteiger partial charge in [0.15, 0.2) is 5.13 Å². The van der Waals surface area contributed by atoms with E-state index in [0.717, 1.165) is 43.4 Å². The average molecular weight is 238 g/mol. The summed E-state index contributed by atoms with van der Waals surface area (Å²) < 4.78 is 0. The van der Waals surface area contributed by atoms with Crippen LogP contribution in [-0.4, -0.2) is 49.2 Å². The lowest BCUT2D eigenvalue weighted by molar-refractivity contribution is 0.277. The summed E-state index contributed by atoms with van der Waals surface area (Å²) in [5, 5.41) is 3.16. The monoisotopic (exact) mass is 238 g/mol. The lowest BCUT2D eigenvalue weighted by Gasteiger charge is -2.34. The molecule has 0 bridgehead atoms. The third-order valence-electron chi connectivity index (χ3n) is 2.80. The Labute approximate surface area is 100 Å². The number of nitrogens with zero attached hydrogens (tertiary/aromatic N) is 3. The van der Waals surface area contributed by atoms with Gasteiger partial charge < -0.3 is 10.6 Å². The second-order valence-corrected chi connectivity index (χ2v) is 4.91. The van der Waals surface area contributed by atoms with Gasteiger partial charge >= 0.3 is 0 Å². The summed E-state index contributed by atoms with van der Waals surface area (Å²) in [6.45, 7) is 9.70. The van der Waals surface area contributed by atoms with E-state index in [4.69, 9.17) is 5.73 Å². The van der Waals surface area contributed by atoms with Crippen LogP contribution in [0.5, 0.6) is 0 Å². The van der Waals surface area contributed by atoms with Gasteiger partial charge in [-0.3, -0.25) is 4.90 Å². The number of thiazole rings is 1. The molecular weight excluding hydrogens is 220 g/mol. The second-order valence-electron chi connectivity index (χ2n) is 4.03. The maximum atomic E-state index is 5.55. The number of piperazine rings is 1. The Hall–Kier alpha value is -0.910. The number of hydrogen-bond acceptors (Lipinski definition) is 5. The first-order valence-electron chi connectivity index (χ1n) is 5.53. The smallest absolute Gasteiger partial charge is 0.185 e. The van der Waals surface area contributed by atoms with Gasteiger partial charge in [-0.25, -0.2) is 4.98 Å². The van der Waals surface area contributed by atoms with Crippen molar-refractivity contribution >= 4 is 16.5 Å². The van der Waals surface area contributed by atoms with E-state index in [0.29, 0.717) is 6.54 Å². The van der Waals surface area contributed by atoms with Gasteiger partial charge in [0.05, 0.1) is 0 Å².